The van der Waals surface area contributed by atoms with Crippen LogP contribution in [0, 0.1) is 0 Å². The smallest absolute Gasteiger partial charge is 0.237 e. The number of hydrogen-bond donors (Lipinski definition) is 1. The van der Waals surface area contributed by atoms with Gasteiger partial charge < -0.3 is 14.6 Å². The Hall–Kier alpha value is -2.51. The van der Waals surface area contributed by atoms with E-state index in [0.717, 1.165) is 5.56 Å². The topological polar surface area (TPSA) is 69.0 Å². The zero-order chi connectivity index (χ0) is 19.4. The largest absolute Gasteiger partial charge is 0.495 e. The summed E-state index contributed by atoms with van der Waals surface area (Å²) in [4.78, 5) is 12.6. The number of nitrogens with zero attached hydrogens (tertiary/aromatic N) is 3. The van der Waals surface area contributed by atoms with Crippen LogP contribution >= 0.6 is 23.4 Å². The molecule has 0 aliphatic carbocycles. The number of benzene rings is 2. The van der Waals surface area contributed by atoms with Crippen molar-refractivity contribution < 1.29 is 9.53 Å². The normalized spacial score (nSPS) is 11.9. The van der Waals surface area contributed by atoms with Gasteiger partial charge >= 0.3 is 0 Å². The van der Waals surface area contributed by atoms with Crippen LogP contribution in [-0.2, 0) is 11.8 Å². The summed E-state index contributed by atoms with van der Waals surface area (Å²) in [7, 11) is 3.44. The van der Waals surface area contributed by atoms with Crippen molar-refractivity contribution in [3.05, 3.63) is 53.6 Å². The van der Waals surface area contributed by atoms with Gasteiger partial charge in [0.05, 0.1) is 18.0 Å². The number of nitrogens with one attached hydrogen (secondary N) is 1. The fraction of sp³-hybridized carbons (Fsp3) is 0.211. The van der Waals surface area contributed by atoms with Crippen LogP contribution in [0.5, 0.6) is 5.75 Å². The van der Waals surface area contributed by atoms with Crippen molar-refractivity contribution in [2.75, 3.05) is 12.4 Å². The molecule has 0 fully saturated rings. The minimum absolute atomic E-state index is 0.138. The van der Waals surface area contributed by atoms with Gasteiger partial charge in [-0.25, -0.2) is 0 Å². The van der Waals surface area contributed by atoms with Crippen LogP contribution in [0.15, 0.2) is 53.7 Å². The van der Waals surface area contributed by atoms with Crippen LogP contribution in [0.4, 0.5) is 5.69 Å². The molecule has 0 spiro atoms. The Morgan fingerprint density at radius 2 is 1.89 bits per heavy atom. The van der Waals surface area contributed by atoms with Gasteiger partial charge in [-0.1, -0.05) is 35.5 Å². The highest BCUT2D eigenvalue weighted by atomic mass is 35.5. The molecule has 8 heteroatoms. The molecule has 0 saturated heterocycles. The third-order valence-electron chi connectivity index (χ3n) is 3.95. The number of para-hydroxylation sites is 2. The maximum Gasteiger partial charge on any atom is 0.237 e. The second-order valence-electron chi connectivity index (χ2n) is 5.82. The molecule has 140 valence electrons. The highest BCUT2D eigenvalue weighted by molar-refractivity contribution is 8.00. The van der Waals surface area contributed by atoms with Crippen molar-refractivity contribution in [2.45, 2.75) is 17.3 Å². The molecule has 1 N–H and O–H groups in total. The van der Waals surface area contributed by atoms with Crippen LogP contribution in [0.25, 0.3) is 11.4 Å². The first-order valence-corrected chi connectivity index (χ1v) is 9.51. The van der Waals surface area contributed by atoms with Crippen LogP contribution in [0.2, 0.25) is 5.02 Å². The van der Waals surface area contributed by atoms with Gasteiger partial charge in [0.2, 0.25) is 5.91 Å². The Balaban J connectivity index is 1.71. The minimum atomic E-state index is -0.365. The van der Waals surface area contributed by atoms with Gasteiger partial charge in [-0.3, -0.25) is 4.79 Å². The first-order chi connectivity index (χ1) is 13.0. The predicted octanol–water partition coefficient (Wildman–Crippen LogP) is 4.26. The number of thioether (sulfide) groups is 1. The van der Waals surface area contributed by atoms with Gasteiger partial charge in [-0.15, -0.1) is 10.2 Å². The van der Waals surface area contributed by atoms with Crippen molar-refractivity contribution in [3.63, 3.8) is 0 Å². The monoisotopic (exact) mass is 402 g/mol. The van der Waals surface area contributed by atoms with E-state index < -0.39 is 0 Å². The molecule has 1 amide bonds. The van der Waals surface area contributed by atoms with Crippen LogP contribution < -0.4 is 10.1 Å². The van der Waals surface area contributed by atoms with Crippen molar-refractivity contribution in [2.24, 2.45) is 7.05 Å². The Kier molecular flexibility index (Phi) is 6.03. The lowest BCUT2D eigenvalue weighted by atomic mass is 10.2. The summed E-state index contributed by atoms with van der Waals surface area (Å²) in [5.74, 6) is 1.19. The summed E-state index contributed by atoms with van der Waals surface area (Å²) in [6.07, 6.45) is 0. The highest BCUT2D eigenvalue weighted by Gasteiger charge is 2.20. The van der Waals surface area contributed by atoms with Gasteiger partial charge in [-0.2, -0.15) is 0 Å². The first-order valence-electron chi connectivity index (χ1n) is 8.25. The zero-order valence-electron chi connectivity index (χ0n) is 15.1. The summed E-state index contributed by atoms with van der Waals surface area (Å²) >= 11 is 7.28. The molecule has 1 unspecified atom stereocenters. The Bertz CT molecular complexity index is 943. The van der Waals surface area contributed by atoms with Gasteiger partial charge in [0.25, 0.3) is 0 Å². The average Bonchev–Trinajstić information content (AvgIpc) is 3.03. The number of carbonyl (C=O) groups is 1. The summed E-state index contributed by atoms with van der Waals surface area (Å²) < 4.78 is 7.13. The van der Waals surface area contributed by atoms with Crippen LogP contribution in [-0.4, -0.2) is 33.0 Å². The molecule has 6 nitrogen and oxygen atoms in total. The number of amides is 1. The number of methoxy groups -OCH3 is 1. The third-order valence-corrected chi connectivity index (χ3v) is 5.34. The quantitative estimate of drug-likeness (QED) is 0.624. The molecule has 0 radical (unpaired) electrons. The molecule has 1 atom stereocenters. The maximum atomic E-state index is 12.6. The van der Waals surface area contributed by atoms with E-state index in [2.05, 4.69) is 15.5 Å². The highest BCUT2D eigenvalue weighted by Crippen LogP contribution is 2.28. The lowest BCUT2D eigenvalue weighted by molar-refractivity contribution is -0.115. The number of halogens is 1. The van der Waals surface area contributed by atoms with E-state index in [4.69, 9.17) is 16.3 Å². The fourth-order valence-electron chi connectivity index (χ4n) is 2.46. The van der Waals surface area contributed by atoms with Crippen LogP contribution in [0.3, 0.4) is 0 Å². The van der Waals surface area contributed by atoms with E-state index >= 15 is 0 Å². The third kappa shape index (κ3) is 4.43. The molecular weight excluding hydrogens is 384 g/mol. The number of ether oxygens (including phenoxy) is 1. The second kappa shape index (κ2) is 8.45. The summed E-state index contributed by atoms with van der Waals surface area (Å²) in [5.41, 5.74) is 1.55. The van der Waals surface area contributed by atoms with Gasteiger partial charge in [-0.05, 0) is 43.3 Å². The molecule has 0 aliphatic heterocycles. The zero-order valence-corrected chi connectivity index (χ0v) is 16.7. The number of carbonyl (C=O) groups excluding carboxylic acids is 1. The number of hydrogen-bond acceptors (Lipinski definition) is 5. The summed E-state index contributed by atoms with van der Waals surface area (Å²) in [5, 5.41) is 12.3. The number of anilines is 1. The molecule has 27 heavy (non-hydrogen) atoms. The Morgan fingerprint density at radius 1 is 1.19 bits per heavy atom. The minimum Gasteiger partial charge on any atom is -0.495 e. The molecule has 2 aromatic carbocycles. The fourth-order valence-corrected chi connectivity index (χ4v) is 3.40. The van der Waals surface area contributed by atoms with Gasteiger partial charge in [0.15, 0.2) is 11.0 Å². The summed E-state index contributed by atoms with van der Waals surface area (Å²) in [6.45, 7) is 1.83. The number of rotatable bonds is 6. The molecule has 1 aromatic heterocycles. The van der Waals surface area contributed by atoms with Crippen molar-refractivity contribution in [3.8, 4) is 17.1 Å². The van der Waals surface area contributed by atoms with E-state index in [1.165, 1.54) is 11.8 Å². The lowest BCUT2D eigenvalue weighted by Crippen LogP contribution is -2.23. The lowest BCUT2D eigenvalue weighted by Gasteiger charge is -2.13. The standard InChI is InChI=1S/C19H19ClN4O2S/c1-12(18(25)21-15-6-4-5-7-16(15)26-3)27-19-23-22-17(24(19)2)13-8-10-14(20)11-9-13/h4-12H,1-3H3,(H,21,25). The predicted molar refractivity (Wildman–Crippen MR) is 108 cm³/mol. The maximum absolute atomic E-state index is 12.6. The van der Waals surface area contributed by atoms with E-state index in [1.54, 1.807) is 19.2 Å². The first kappa shape index (κ1) is 19.3. The average molecular weight is 403 g/mol. The molecule has 3 rings (SSSR count). The van der Waals surface area contributed by atoms with Crippen molar-refractivity contribution >= 4 is 35.0 Å². The van der Waals surface area contributed by atoms with E-state index in [0.29, 0.717) is 27.4 Å². The van der Waals surface area contributed by atoms with E-state index in [9.17, 15) is 4.79 Å². The van der Waals surface area contributed by atoms with Gasteiger partial charge in [0.1, 0.15) is 5.75 Å². The van der Waals surface area contributed by atoms with E-state index in [-0.39, 0.29) is 11.2 Å². The second-order valence-corrected chi connectivity index (χ2v) is 7.57. The number of aromatic nitrogens is 3. The summed E-state index contributed by atoms with van der Waals surface area (Å²) in [6, 6.07) is 14.7. The molecular formula is C19H19ClN4O2S. The molecule has 3 aromatic rings. The molecule has 0 bridgehead atoms. The van der Waals surface area contributed by atoms with E-state index in [1.807, 2.05) is 54.9 Å². The molecule has 0 aliphatic rings. The Morgan fingerprint density at radius 3 is 2.59 bits per heavy atom. The van der Waals surface area contributed by atoms with Crippen molar-refractivity contribution in [1.29, 1.82) is 0 Å². The Labute approximate surface area is 166 Å². The van der Waals surface area contributed by atoms with Gasteiger partial charge in [0, 0.05) is 17.6 Å². The van der Waals surface area contributed by atoms with Crippen LogP contribution in [0.1, 0.15) is 6.92 Å². The SMILES string of the molecule is COc1ccccc1NC(=O)C(C)Sc1nnc(-c2ccc(Cl)cc2)n1C. The molecule has 0 saturated carbocycles. The molecule has 1 heterocycles. The van der Waals surface area contributed by atoms with Crippen molar-refractivity contribution in [1.82, 2.24) is 14.8 Å².